The number of likely N-dealkylation sites (tertiary alicyclic amines) is 4. The Hall–Kier alpha value is -10.2. The Morgan fingerprint density at radius 1 is 0.444 bits per heavy atom. The molecule has 135 heavy (non-hydrogen) atoms. The van der Waals surface area contributed by atoms with E-state index in [2.05, 4.69) is 38.6 Å². The Labute approximate surface area is 785 Å². The molecule has 2 N–H and O–H groups in total. The van der Waals surface area contributed by atoms with Gasteiger partial charge in [0, 0.05) is 165 Å². The van der Waals surface area contributed by atoms with E-state index in [1.807, 2.05) is 73.0 Å². The molecular formula is C97H120ClF12N13O11S. The third kappa shape index (κ3) is 20.3. The van der Waals surface area contributed by atoms with Gasteiger partial charge in [-0.15, -0.1) is 0 Å². The second kappa shape index (κ2) is 38.3. The molecule has 736 valence electrons. The molecule has 17 rings (SSSR count). The topological polar surface area (TPSA) is 233 Å². The number of nitrogens with zero attached hydrogens (tertiary/aromatic N) is 12. The zero-order valence-electron chi connectivity index (χ0n) is 77.7. The Morgan fingerprint density at radius 3 is 1.26 bits per heavy atom. The van der Waals surface area contributed by atoms with Crippen LogP contribution in [0.1, 0.15) is 223 Å². The third-order valence-corrected chi connectivity index (χ3v) is 30.8. The maximum absolute atomic E-state index is 13.6. The number of aromatic nitrogens is 4. The first kappa shape index (κ1) is 101. The Morgan fingerprint density at radius 2 is 0.830 bits per heavy atom. The van der Waals surface area contributed by atoms with Gasteiger partial charge < -0.3 is 52.4 Å². The second-order valence-corrected chi connectivity index (χ2v) is 40.6. The quantitative estimate of drug-likeness (QED) is 0.0855. The van der Waals surface area contributed by atoms with Crippen LogP contribution in [0, 0.1) is 19.8 Å². The molecule has 8 aromatic rings. The average molecular weight is 1940 g/mol. The summed E-state index contributed by atoms with van der Waals surface area (Å²) in [6.07, 6.45) is -13.0. The van der Waals surface area contributed by atoms with Crippen LogP contribution in [-0.2, 0) is 70.7 Å². The van der Waals surface area contributed by atoms with Crippen molar-refractivity contribution in [1.82, 2.24) is 62.2 Å². The normalized spacial score (nSPS) is 19.7. The number of amides is 4. The van der Waals surface area contributed by atoms with Crippen molar-refractivity contribution >= 4 is 56.8 Å². The second-order valence-electron chi connectivity index (χ2n) is 38.3. The molecule has 5 saturated heterocycles. The van der Waals surface area contributed by atoms with Crippen LogP contribution in [0.4, 0.5) is 52.7 Å². The number of rotatable bonds is 12. The van der Waals surface area contributed by atoms with Crippen molar-refractivity contribution in [3.05, 3.63) is 211 Å². The van der Waals surface area contributed by atoms with Gasteiger partial charge in [-0.05, 0) is 279 Å². The number of carbonyl (C=O) groups is 6. The van der Waals surface area contributed by atoms with Crippen molar-refractivity contribution in [3.8, 4) is 17.2 Å². The van der Waals surface area contributed by atoms with Gasteiger partial charge in [-0.25, -0.2) is 8.42 Å². The Balaban J connectivity index is 0.000000164. The zero-order valence-corrected chi connectivity index (χ0v) is 79.2. The van der Waals surface area contributed by atoms with Crippen LogP contribution in [-0.4, -0.2) is 242 Å². The summed E-state index contributed by atoms with van der Waals surface area (Å²) < 4.78 is 205. The first-order valence-electron chi connectivity index (χ1n) is 45.6. The summed E-state index contributed by atoms with van der Waals surface area (Å²) in [5, 5.41) is 14.2. The zero-order chi connectivity index (χ0) is 98.2. The number of phenols is 1. The molecule has 4 amide bonds. The monoisotopic (exact) mass is 1940 g/mol. The maximum atomic E-state index is 13.6. The SMILES string of the molecule is CC(C)Oc1ccc(C(=O)N2CCC3(CC2)c2ccc(Cl)n2CCN3C)cc1C(F)(F)F.CC1CCN(S(=O)(=O)c2ccc(C(=O)N3CCC4(CC3)c3ccc(C(=O)C(F)(F)F)n3CCN4C)cc2)CC1.Cc1cc(C(=O)N2CCC3(CC2)NC(C)(C)Cn2c(C(F)(F)F)ccc23)ccc1OC(C)C.Cc1ccc(C(=O)N2CCC3(CC2)c2ccc(C(=O)C(F)(F)F)n2CCN3C)cc1O.[HH].[HH]. The number of halogens is 13. The smallest absolute Gasteiger partial charge is 0.456 e. The predicted octanol–water partition coefficient (Wildman–Crippen LogP) is 17.7. The van der Waals surface area contributed by atoms with E-state index in [0.717, 1.165) is 49.0 Å². The number of carbonyl (C=O) groups excluding carboxylic acids is 6. The lowest BCUT2D eigenvalue weighted by Gasteiger charge is -2.51. The van der Waals surface area contributed by atoms with Crippen molar-refractivity contribution in [2.75, 3.05) is 106 Å². The number of ketones is 2. The standard InChI is InChI=1S/C27H33F3N4O4S.C25H32F3N3O2.C23H27ClF3N3O2.C22H24F3N3O3.2H2/c1-19-9-13-33(14-10-19)39(37,38)21-5-3-20(4-6-21)25(36)32-15-11-26(12-16-32)23-8-7-22(24(35)27(28,29)30)34(23)18-17-31(26)2;1-16(2)33-19-7-6-18(14-17(19)3)22(32)30-12-10-24(11-13-30)20-8-9-21(25(26,27)28)31(20)15-23(4,5)29-24;1-15(2)32-18-5-4-16(14-17(18)23(25,26)27)21(31)29-10-8-22(9-11-29)19-6-7-20(24)30(19)13-12-28(22)3;1-14-3-4-15(13-17(14)29)20(31)27-9-7-21(8-10-27)18-6-5-16(19(30)22(23,24)25)28(18)12-11-26(21)2;;/h3-8,19H,9-18H2,1-2H3;6-9,14,16,29H,10-13,15H2,1-5H3;4-7,14-15H,8-13H2,1-3H3;3-6,13,29H,7-12H2,1-2H3;2*1H. The number of Topliss-reactive ketones (excluding diaryl/α,β-unsaturated/α-hetero) is 2. The molecule has 9 aliphatic heterocycles. The molecular weight excluding hydrogens is 1820 g/mol. The summed E-state index contributed by atoms with van der Waals surface area (Å²) in [7, 11) is 2.31. The van der Waals surface area contributed by atoms with Crippen molar-refractivity contribution in [1.29, 1.82) is 0 Å². The number of hydrogen-bond acceptors (Lipinski definition) is 15. The highest BCUT2D eigenvalue weighted by molar-refractivity contribution is 7.89. The van der Waals surface area contributed by atoms with E-state index >= 15 is 0 Å². The largest absolute Gasteiger partial charge is 0.508 e. The molecule has 0 radical (unpaired) electrons. The van der Waals surface area contributed by atoms with Gasteiger partial charge in [0.25, 0.3) is 35.2 Å². The number of likely N-dealkylation sites (N-methyl/N-ethyl adjacent to an activating group) is 3. The lowest BCUT2D eigenvalue weighted by Crippen LogP contribution is -2.63. The van der Waals surface area contributed by atoms with Gasteiger partial charge >= 0.3 is 24.7 Å². The van der Waals surface area contributed by atoms with E-state index in [9.17, 15) is 95.0 Å². The summed E-state index contributed by atoms with van der Waals surface area (Å²) >= 11 is 6.34. The maximum Gasteiger partial charge on any atom is 0.456 e. The molecule has 0 atom stereocenters. The fourth-order valence-corrected chi connectivity index (χ4v) is 22.8. The highest BCUT2D eigenvalue weighted by atomic mass is 35.5. The van der Waals surface area contributed by atoms with E-state index in [1.54, 1.807) is 88.9 Å². The number of phenolic OH excluding ortho intramolecular Hbond substituents is 1. The average Bonchev–Trinajstić information content (AvgIpc) is 1.61. The molecule has 9 aliphatic rings. The number of hydrogen-bond donors (Lipinski definition) is 2. The number of alkyl halides is 12. The molecule has 0 aliphatic carbocycles. The summed E-state index contributed by atoms with van der Waals surface area (Å²) in [6, 6.07) is 32.3. The number of benzene rings is 4. The predicted molar refractivity (Wildman–Crippen MR) is 486 cm³/mol. The Kier molecular flexibility index (Phi) is 28.6. The van der Waals surface area contributed by atoms with Gasteiger partial charge in [0.2, 0.25) is 10.0 Å². The summed E-state index contributed by atoms with van der Waals surface area (Å²) in [5.41, 5.74) is 1.49. The minimum atomic E-state index is -4.94. The van der Waals surface area contributed by atoms with Gasteiger partial charge in [0.15, 0.2) is 0 Å². The van der Waals surface area contributed by atoms with Gasteiger partial charge in [-0.3, -0.25) is 48.8 Å². The van der Waals surface area contributed by atoms with Gasteiger partial charge in [-0.1, -0.05) is 24.6 Å². The number of sulfonamides is 1. The van der Waals surface area contributed by atoms with Gasteiger partial charge in [0.05, 0.1) is 56.2 Å². The van der Waals surface area contributed by atoms with Crippen LogP contribution in [0.15, 0.2) is 132 Å². The first-order chi connectivity index (χ1) is 63.2. The number of piperidine rings is 5. The lowest BCUT2D eigenvalue weighted by molar-refractivity contribution is -0.145. The van der Waals surface area contributed by atoms with Crippen molar-refractivity contribution in [3.63, 3.8) is 0 Å². The van der Waals surface area contributed by atoms with Crippen molar-refractivity contribution in [2.24, 2.45) is 5.92 Å². The molecule has 0 bridgehead atoms. The van der Waals surface area contributed by atoms with E-state index in [-0.39, 0.29) is 78.7 Å². The molecule has 4 aromatic heterocycles. The van der Waals surface area contributed by atoms with Crippen LogP contribution in [0.3, 0.4) is 0 Å². The molecule has 0 unspecified atom stereocenters. The minimum Gasteiger partial charge on any atom is -0.508 e. The van der Waals surface area contributed by atoms with Crippen LogP contribution in [0.5, 0.6) is 17.2 Å². The summed E-state index contributed by atoms with van der Waals surface area (Å²) in [5.74, 6) is -3.48. The molecule has 0 saturated carbocycles. The van der Waals surface area contributed by atoms with E-state index in [0.29, 0.717) is 187 Å². The lowest BCUT2D eigenvalue weighted by atomic mass is 9.79. The van der Waals surface area contributed by atoms with Crippen LogP contribution >= 0.6 is 11.6 Å². The van der Waals surface area contributed by atoms with Crippen LogP contribution in [0.25, 0.3) is 0 Å². The molecule has 38 heteroatoms. The van der Waals surface area contributed by atoms with E-state index in [1.165, 1.54) is 66.5 Å². The highest BCUT2D eigenvalue weighted by Crippen LogP contribution is 2.49. The van der Waals surface area contributed by atoms with Crippen molar-refractivity contribution < 1.29 is 107 Å². The van der Waals surface area contributed by atoms with Crippen LogP contribution in [0.2, 0.25) is 5.15 Å². The molecule has 24 nitrogen and oxygen atoms in total. The fourth-order valence-electron chi connectivity index (χ4n) is 21.1. The number of fused-ring (bicyclic) bond motifs is 8. The third-order valence-electron chi connectivity index (χ3n) is 28.5. The molecule has 5 fully saturated rings. The molecule has 13 heterocycles. The Bertz CT molecular complexity index is 5870. The van der Waals surface area contributed by atoms with Gasteiger partial charge in [0.1, 0.15) is 28.1 Å². The number of nitrogens with one attached hydrogen (secondary N) is 1. The number of aromatic hydroxyl groups is 1. The molecule has 4 aromatic carbocycles. The minimum absolute atomic E-state index is 0. The highest BCUT2D eigenvalue weighted by Gasteiger charge is 2.54. The first-order valence-corrected chi connectivity index (χ1v) is 47.5. The van der Waals surface area contributed by atoms with E-state index in [4.69, 9.17) is 21.1 Å². The van der Waals surface area contributed by atoms with Crippen molar-refractivity contribution in [2.45, 2.75) is 222 Å². The van der Waals surface area contributed by atoms with E-state index < -0.39 is 91.7 Å². The number of ether oxygens (including phenoxy) is 2. The summed E-state index contributed by atoms with van der Waals surface area (Å²) in [4.78, 5) is 89.8. The summed E-state index contributed by atoms with van der Waals surface area (Å²) in [6.45, 7) is 24.8. The van der Waals surface area contributed by atoms with Gasteiger partial charge in [-0.2, -0.15) is 57.0 Å². The number of aryl methyl sites for hydroxylation is 2. The fraction of sp³-hybridized carbons (Fsp3) is 0.526. The van der Waals surface area contributed by atoms with Crippen LogP contribution < -0.4 is 14.8 Å². The molecule has 4 spiro atoms.